The first-order valence-corrected chi connectivity index (χ1v) is 10.6. The van der Waals surface area contributed by atoms with Crippen molar-refractivity contribution < 1.29 is 9.32 Å². The molecular weight excluding hydrogens is 380 g/mol. The molecule has 0 bridgehead atoms. The fourth-order valence-electron chi connectivity index (χ4n) is 3.94. The van der Waals surface area contributed by atoms with Gasteiger partial charge in [0.15, 0.2) is 5.82 Å². The van der Waals surface area contributed by atoms with Gasteiger partial charge in [-0.1, -0.05) is 11.2 Å². The van der Waals surface area contributed by atoms with Crippen LogP contribution in [-0.2, 0) is 18.4 Å². The summed E-state index contributed by atoms with van der Waals surface area (Å²) < 4.78 is 7.45. The lowest BCUT2D eigenvalue weighted by Crippen LogP contribution is -2.38. The highest BCUT2D eigenvalue weighted by Gasteiger charge is 2.29. The fraction of sp³-hybridized carbons (Fsp3) is 0.455. The number of likely N-dealkylation sites (tertiary alicyclic amines) is 1. The van der Waals surface area contributed by atoms with Crippen LogP contribution in [0.4, 0.5) is 5.69 Å². The number of carbonyl (C=O) groups excluding carboxylic acids is 1. The molecule has 8 heteroatoms. The number of nitrogens with one attached hydrogen (secondary N) is 1. The molecule has 0 unspecified atom stereocenters. The molecule has 1 saturated carbocycles. The molecule has 2 aromatic heterocycles. The van der Waals surface area contributed by atoms with Crippen molar-refractivity contribution in [3.05, 3.63) is 48.3 Å². The molecule has 0 atom stereocenters. The van der Waals surface area contributed by atoms with E-state index in [-0.39, 0.29) is 11.8 Å². The van der Waals surface area contributed by atoms with Crippen LogP contribution in [0.5, 0.6) is 0 Å². The number of nitrogens with zero attached hydrogens (tertiary/aromatic N) is 5. The third-order valence-corrected chi connectivity index (χ3v) is 6.01. The summed E-state index contributed by atoms with van der Waals surface area (Å²) in [4.78, 5) is 24.0. The van der Waals surface area contributed by atoms with E-state index in [2.05, 4.69) is 25.3 Å². The maximum absolute atomic E-state index is 12.8. The number of aryl methyl sites for hydroxylation is 1. The topological polar surface area (TPSA) is 89.1 Å². The Morgan fingerprint density at radius 3 is 2.80 bits per heavy atom. The molecule has 1 amide bonds. The Morgan fingerprint density at radius 1 is 1.23 bits per heavy atom. The summed E-state index contributed by atoms with van der Waals surface area (Å²) in [6.07, 6.45) is 7.76. The Morgan fingerprint density at radius 2 is 2.07 bits per heavy atom. The molecule has 2 fully saturated rings. The van der Waals surface area contributed by atoms with E-state index in [4.69, 9.17) is 4.52 Å². The standard InChI is InChI=1S/C22H26N6O2/c1-27-12-9-23-19(27)14-28-10-7-16(8-11-28)21(29)24-18-4-2-3-17(13-18)22-25-20(26-30-22)15-5-6-15/h2-4,9,12-13,15-16H,5-8,10-11,14H2,1H3,(H,24,29). The second-order valence-corrected chi connectivity index (χ2v) is 8.31. The molecule has 3 heterocycles. The van der Waals surface area contributed by atoms with Crippen molar-refractivity contribution in [1.82, 2.24) is 24.6 Å². The Kier molecular flexibility index (Phi) is 5.08. The van der Waals surface area contributed by atoms with Crippen LogP contribution in [0.15, 0.2) is 41.2 Å². The molecule has 156 valence electrons. The number of rotatable bonds is 6. The number of piperidine rings is 1. The minimum absolute atomic E-state index is 0.0242. The van der Waals surface area contributed by atoms with Gasteiger partial charge in [-0.15, -0.1) is 0 Å². The van der Waals surface area contributed by atoms with Gasteiger partial charge in [0, 0.05) is 42.5 Å². The van der Waals surface area contributed by atoms with Gasteiger partial charge in [0.05, 0.1) is 6.54 Å². The second kappa shape index (κ2) is 8.02. The lowest BCUT2D eigenvalue weighted by Gasteiger charge is -2.30. The third kappa shape index (κ3) is 4.14. The van der Waals surface area contributed by atoms with Crippen molar-refractivity contribution in [3.8, 4) is 11.5 Å². The molecule has 2 aliphatic rings. The van der Waals surface area contributed by atoms with Crippen LogP contribution >= 0.6 is 0 Å². The zero-order chi connectivity index (χ0) is 20.5. The van der Waals surface area contributed by atoms with Crippen molar-refractivity contribution >= 4 is 11.6 Å². The molecule has 30 heavy (non-hydrogen) atoms. The average molecular weight is 406 g/mol. The van der Waals surface area contributed by atoms with Gasteiger partial charge in [-0.05, 0) is 57.0 Å². The van der Waals surface area contributed by atoms with Gasteiger partial charge in [0.1, 0.15) is 5.82 Å². The highest BCUT2D eigenvalue weighted by atomic mass is 16.5. The molecule has 0 radical (unpaired) electrons. The molecule has 8 nitrogen and oxygen atoms in total. The number of hydrogen-bond donors (Lipinski definition) is 1. The largest absolute Gasteiger partial charge is 0.337 e. The number of amides is 1. The SMILES string of the molecule is Cn1ccnc1CN1CCC(C(=O)Nc2cccc(-c3nc(C4CC4)no3)c2)CC1. The monoisotopic (exact) mass is 406 g/mol. The molecule has 3 aromatic rings. The van der Waals surface area contributed by atoms with Crippen molar-refractivity contribution in [3.63, 3.8) is 0 Å². The molecule has 1 N–H and O–H groups in total. The molecule has 0 spiro atoms. The van der Waals surface area contributed by atoms with E-state index in [0.717, 1.165) is 68.2 Å². The van der Waals surface area contributed by atoms with Crippen LogP contribution in [0.25, 0.3) is 11.5 Å². The number of imidazole rings is 1. The van der Waals surface area contributed by atoms with Crippen LogP contribution in [0.2, 0.25) is 0 Å². The van der Waals surface area contributed by atoms with E-state index in [1.54, 1.807) is 0 Å². The Balaban J connectivity index is 1.17. The zero-order valence-corrected chi connectivity index (χ0v) is 17.1. The van der Waals surface area contributed by atoms with Gasteiger partial charge >= 0.3 is 0 Å². The zero-order valence-electron chi connectivity index (χ0n) is 17.1. The van der Waals surface area contributed by atoms with E-state index in [1.807, 2.05) is 48.3 Å². The summed E-state index contributed by atoms with van der Waals surface area (Å²) in [5, 5.41) is 7.14. The predicted octanol–water partition coefficient (Wildman–Crippen LogP) is 3.20. The van der Waals surface area contributed by atoms with Gasteiger partial charge in [0.2, 0.25) is 5.91 Å². The summed E-state index contributed by atoms with van der Waals surface area (Å²) in [7, 11) is 2.01. The van der Waals surface area contributed by atoms with Crippen molar-refractivity contribution in [2.24, 2.45) is 13.0 Å². The molecule has 1 aromatic carbocycles. The average Bonchev–Trinajstić information content (AvgIpc) is 3.35. The van der Waals surface area contributed by atoms with Crippen LogP contribution in [0.1, 0.15) is 43.3 Å². The third-order valence-electron chi connectivity index (χ3n) is 6.01. The molecule has 1 aliphatic carbocycles. The Hall–Kier alpha value is -3.00. The van der Waals surface area contributed by atoms with Gasteiger partial charge in [-0.2, -0.15) is 4.98 Å². The van der Waals surface area contributed by atoms with Gasteiger partial charge < -0.3 is 14.4 Å². The van der Waals surface area contributed by atoms with Gasteiger partial charge in [-0.3, -0.25) is 9.69 Å². The Bertz CT molecular complexity index is 1030. The number of anilines is 1. The number of aromatic nitrogens is 4. The first kappa shape index (κ1) is 19.0. The smallest absolute Gasteiger partial charge is 0.258 e. The van der Waals surface area contributed by atoms with Crippen molar-refractivity contribution in [2.75, 3.05) is 18.4 Å². The summed E-state index contributed by atoms with van der Waals surface area (Å²) in [5.41, 5.74) is 1.59. The molecule has 5 rings (SSSR count). The number of carbonyl (C=O) groups is 1. The van der Waals surface area contributed by atoms with E-state index < -0.39 is 0 Å². The molecule has 1 aliphatic heterocycles. The molecule has 1 saturated heterocycles. The maximum Gasteiger partial charge on any atom is 0.258 e. The van der Waals surface area contributed by atoms with E-state index in [0.29, 0.717) is 11.8 Å². The van der Waals surface area contributed by atoms with Crippen LogP contribution in [0, 0.1) is 5.92 Å². The highest BCUT2D eigenvalue weighted by Crippen LogP contribution is 2.39. The predicted molar refractivity (Wildman–Crippen MR) is 112 cm³/mol. The second-order valence-electron chi connectivity index (χ2n) is 8.31. The quantitative estimate of drug-likeness (QED) is 0.676. The van der Waals surface area contributed by atoms with Crippen LogP contribution in [-0.4, -0.2) is 43.6 Å². The van der Waals surface area contributed by atoms with Crippen LogP contribution < -0.4 is 5.32 Å². The summed E-state index contributed by atoms with van der Waals surface area (Å²) in [6, 6.07) is 7.63. The van der Waals surface area contributed by atoms with Crippen molar-refractivity contribution in [2.45, 2.75) is 38.1 Å². The van der Waals surface area contributed by atoms with Crippen LogP contribution in [0.3, 0.4) is 0 Å². The van der Waals surface area contributed by atoms with E-state index in [9.17, 15) is 4.79 Å². The fourth-order valence-corrected chi connectivity index (χ4v) is 3.94. The normalized spacial score (nSPS) is 17.9. The van der Waals surface area contributed by atoms with Crippen molar-refractivity contribution in [1.29, 1.82) is 0 Å². The lowest BCUT2D eigenvalue weighted by molar-refractivity contribution is -0.121. The first-order valence-electron chi connectivity index (χ1n) is 10.6. The number of benzene rings is 1. The minimum atomic E-state index is 0.0242. The van der Waals surface area contributed by atoms with E-state index in [1.165, 1.54) is 0 Å². The maximum atomic E-state index is 12.8. The summed E-state index contributed by atoms with van der Waals surface area (Å²) in [6.45, 7) is 2.63. The Labute approximate surface area is 175 Å². The van der Waals surface area contributed by atoms with E-state index >= 15 is 0 Å². The number of hydrogen-bond acceptors (Lipinski definition) is 6. The first-order chi connectivity index (χ1) is 14.7. The summed E-state index contributed by atoms with van der Waals surface area (Å²) >= 11 is 0. The highest BCUT2D eigenvalue weighted by molar-refractivity contribution is 5.93. The lowest BCUT2D eigenvalue weighted by atomic mass is 9.95. The van der Waals surface area contributed by atoms with Gasteiger partial charge in [0.25, 0.3) is 5.89 Å². The minimum Gasteiger partial charge on any atom is -0.337 e. The molecular formula is C22H26N6O2. The summed E-state index contributed by atoms with van der Waals surface area (Å²) in [5.74, 6) is 2.91. The van der Waals surface area contributed by atoms with Gasteiger partial charge in [-0.25, -0.2) is 4.98 Å².